The van der Waals surface area contributed by atoms with Crippen molar-refractivity contribution in [3.05, 3.63) is 56.1 Å². The van der Waals surface area contributed by atoms with Gasteiger partial charge in [-0.3, -0.25) is 14.8 Å². The first-order valence-electron chi connectivity index (χ1n) is 7.22. The number of benzene rings is 1. The molecule has 0 radical (unpaired) electrons. The van der Waals surface area contributed by atoms with E-state index in [0.717, 1.165) is 15.9 Å². The van der Waals surface area contributed by atoms with Crippen molar-refractivity contribution < 1.29 is 9.45 Å². The quantitative estimate of drug-likeness (QED) is 0.487. The van der Waals surface area contributed by atoms with Crippen LogP contribution in [0.5, 0.6) is 0 Å². The molecule has 0 saturated heterocycles. The molecule has 0 N–H and O–H groups in total. The van der Waals surface area contributed by atoms with E-state index in [2.05, 4.69) is 31.2 Å². The predicted octanol–water partition coefficient (Wildman–Crippen LogP) is 3.46. The summed E-state index contributed by atoms with van der Waals surface area (Å²) in [6.07, 6.45) is 0.550. The standard InChI is InChI=1S/C15H14BrN5O3/c1-9-14(16)10(2)20(18-9)8-7-13-17-15(19-24-13)11-3-5-12(6-4-11)21(22)23/h3-6H,7-8H2,1-2H3. The summed E-state index contributed by atoms with van der Waals surface area (Å²) in [5.41, 5.74) is 2.68. The number of aromatic nitrogens is 4. The Morgan fingerprint density at radius 1 is 1.29 bits per heavy atom. The van der Waals surface area contributed by atoms with Crippen LogP contribution in [-0.2, 0) is 13.0 Å². The molecule has 8 nitrogen and oxygen atoms in total. The van der Waals surface area contributed by atoms with E-state index in [-0.39, 0.29) is 5.69 Å². The molecule has 0 spiro atoms. The highest BCUT2D eigenvalue weighted by Gasteiger charge is 2.13. The average Bonchev–Trinajstić information content (AvgIpc) is 3.14. The second kappa shape index (κ2) is 6.52. The van der Waals surface area contributed by atoms with E-state index in [1.807, 2.05) is 18.5 Å². The summed E-state index contributed by atoms with van der Waals surface area (Å²) in [5, 5.41) is 19.0. The lowest BCUT2D eigenvalue weighted by Crippen LogP contribution is -2.05. The summed E-state index contributed by atoms with van der Waals surface area (Å²) in [4.78, 5) is 14.6. The zero-order valence-electron chi connectivity index (χ0n) is 13.1. The van der Waals surface area contributed by atoms with Crippen LogP contribution in [0.3, 0.4) is 0 Å². The van der Waals surface area contributed by atoms with Gasteiger partial charge in [-0.15, -0.1) is 0 Å². The van der Waals surface area contributed by atoms with Crippen LogP contribution >= 0.6 is 15.9 Å². The molecule has 1 aromatic carbocycles. The molecular weight excluding hydrogens is 378 g/mol. The van der Waals surface area contributed by atoms with Gasteiger partial charge in [-0.1, -0.05) is 5.16 Å². The number of nitrogens with zero attached hydrogens (tertiary/aromatic N) is 5. The number of halogens is 1. The van der Waals surface area contributed by atoms with Gasteiger partial charge in [-0.25, -0.2) is 0 Å². The van der Waals surface area contributed by atoms with Crippen LogP contribution < -0.4 is 0 Å². The fourth-order valence-corrected chi connectivity index (χ4v) is 2.58. The molecule has 0 aliphatic carbocycles. The Bertz CT molecular complexity index is 885. The molecule has 0 aliphatic rings. The molecule has 9 heteroatoms. The fraction of sp³-hybridized carbons (Fsp3) is 0.267. The minimum absolute atomic E-state index is 0.0255. The van der Waals surface area contributed by atoms with Crippen molar-refractivity contribution >= 4 is 21.6 Å². The van der Waals surface area contributed by atoms with Gasteiger partial charge in [0.15, 0.2) is 0 Å². The first-order valence-corrected chi connectivity index (χ1v) is 8.02. The summed E-state index contributed by atoms with van der Waals surface area (Å²) < 4.78 is 8.13. The molecule has 0 bridgehead atoms. The third kappa shape index (κ3) is 3.21. The lowest BCUT2D eigenvalue weighted by atomic mass is 10.2. The summed E-state index contributed by atoms with van der Waals surface area (Å²) in [5.74, 6) is 0.904. The topological polar surface area (TPSA) is 99.9 Å². The van der Waals surface area contributed by atoms with Crippen LogP contribution in [0, 0.1) is 24.0 Å². The first kappa shape index (κ1) is 16.3. The van der Waals surface area contributed by atoms with Crippen molar-refractivity contribution in [2.24, 2.45) is 0 Å². The zero-order chi connectivity index (χ0) is 17.3. The Kier molecular flexibility index (Phi) is 4.43. The van der Waals surface area contributed by atoms with Crippen molar-refractivity contribution in [2.45, 2.75) is 26.8 Å². The molecule has 2 heterocycles. The lowest BCUT2D eigenvalue weighted by molar-refractivity contribution is -0.384. The Balaban J connectivity index is 1.71. The van der Waals surface area contributed by atoms with Crippen LogP contribution in [-0.4, -0.2) is 24.8 Å². The van der Waals surface area contributed by atoms with Crippen molar-refractivity contribution in [1.82, 2.24) is 19.9 Å². The van der Waals surface area contributed by atoms with Crippen LogP contribution in [0.15, 0.2) is 33.3 Å². The van der Waals surface area contributed by atoms with Crippen molar-refractivity contribution in [2.75, 3.05) is 0 Å². The third-order valence-corrected chi connectivity index (χ3v) is 4.78. The van der Waals surface area contributed by atoms with Gasteiger partial charge >= 0.3 is 0 Å². The molecule has 3 rings (SSSR count). The number of hydrogen-bond donors (Lipinski definition) is 0. The Labute approximate surface area is 145 Å². The number of rotatable bonds is 5. The van der Waals surface area contributed by atoms with Crippen molar-refractivity contribution in [3.63, 3.8) is 0 Å². The van der Waals surface area contributed by atoms with Crippen LogP contribution in [0.4, 0.5) is 5.69 Å². The fourth-order valence-electron chi connectivity index (χ4n) is 2.30. The van der Waals surface area contributed by atoms with Crippen LogP contribution in [0.25, 0.3) is 11.4 Å². The van der Waals surface area contributed by atoms with E-state index in [0.29, 0.717) is 30.2 Å². The highest BCUT2D eigenvalue weighted by Crippen LogP contribution is 2.21. The molecule has 0 aliphatic heterocycles. The molecule has 0 amide bonds. The molecule has 0 fully saturated rings. The van der Waals surface area contributed by atoms with Gasteiger partial charge in [0.1, 0.15) is 0 Å². The minimum atomic E-state index is -0.446. The van der Waals surface area contributed by atoms with E-state index in [4.69, 9.17) is 4.52 Å². The maximum atomic E-state index is 10.7. The van der Waals surface area contributed by atoms with Gasteiger partial charge in [0, 0.05) is 29.8 Å². The Morgan fingerprint density at radius 3 is 2.58 bits per heavy atom. The number of nitro groups is 1. The smallest absolute Gasteiger partial charge is 0.269 e. The van der Waals surface area contributed by atoms with Crippen molar-refractivity contribution in [1.29, 1.82) is 0 Å². The number of hydrogen-bond acceptors (Lipinski definition) is 6. The van der Waals surface area contributed by atoms with Gasteiger partial charge in [-0.05, 0) is 41.9 Å². The van der Waals surface area contributed by atoms with Gasteiger partial charge in [0.2, 0.25) is 11.7 Å². The highest BCUT2D eigenvalue weighted by molar-refractivity contribution is 9.10. The van der Waals surface area contributed by atoms with E-state index in [9.17, 15) is 10.1 Å². The third-order valence-electron chi connectivity index (χ3n) is 3.64. The zero-order valence-corrected chi connectivity index (χ0v) is 14.6. The molecule has 24 heavy (non-hydrogen) atoms. The minimum Gasteiger partial charge on any atom is -0.339 e. The van der Waals surface area contributed by atoms with Gasteiger partial charge in [0.05, 0.1) is 21.6 Å². The molecule has 3 aromatic rings. The number of nitro benzene ring substituents is 1. The Hall–Kier alpha value is -2.55. The van der Waals surface area contributed by atoms with Gasteiger partial charge < -0.3 is 4.52 Å². The van der Waals surface area contributed by atoms with E-state index < -0.39 is 4.92 Å². The second-order valence-electron chi connectivity index (χ2n) is 5.27. The summed E-state index contributed by atoms with van der Waals surface area (Å²) in [7, 11) is 0. The molecule has 0 unspecified atom stereocenters. The lowest BCUT2D eigenvalue weighted by Gasteiger charge is -2.01. The molecule has 124 valence electrons. The Morgan fingerprint density at radius 2 is 2.00 bits per heavy atom. The van der Waals surface area contributed by atoms with E-state index >= 15 is 0 Å². The highest BCUT2D eigenvalue weighted by atomic mass is 79.9. The predicted molar refractivity (Wildman–Crippen MR) is 89.5 cm³/mol. The average molecular weight is 392 g/mol. The molecule has 0 atom stereocenters. The largest absolute Gasteiger partial charge is 0.339 e. The number of non-ortho nitro benzene ring substituents is 1. The van der Waals surface area contributed by atoms with Crippen LogP contribution in [0.1, 0.15) is 17.3 Å². The van der Waals surface area contributed by atoms with Gasteiger partial charge in [-0.2, -0.15) is 10.1 Å². The SMILES string of the molecule is Cc1nn(CCc2nc(-c3ccc([N+](=O)[O-])cc3)no2)c(C)c1Br. The maximum absolute atomic E-state index is 10.7. The van der Waals surface area contributed by atoms with E-state index in [1.54, 1.807) is 12.1 Å². The first-order chi connectivity index (χ1) is 11.5. The maximum Gasteiger partial charge on any atom is 0.269 e. The summed E-state index contributed by atoms with van der Waals surface area (Å²) in [6, 6.07) is 6.04. The number of aryl methyl sites for hydroxylation is 3. The van der Waals surface area contributed by atoms with Gasteiger partial charge in [0.25, 0.3) is 5.69 Å². The summed E-state index contributed by atoms with van der Waals surface area (Å²) >= 11 is 3.49. The van der Waals surface area contributed by atoms with E-state index in [1.165, 1.54) is 12.1 Å². The molecular formula is C15H14BrN5O3. The molecule has 0 saturated carbocycles. The normalized spacial score (nSPS) is 11.0. The molecule has 2 aromatic heterocycles. The monoisotopic (exact) mass is 391 g/mol. The second-order valence-corrected chi connectivity index (χ2v) is 6.07. The summed E-state index contributed by atoms with van der Waals surface area (Å²) in [6.45, 7) is 4.55. The van der Waals surface area contributed by atoms with Crippen LogP contribution in [0.2, 0.25) is 0 Å². The van der Waals surface area contributed by atoms with Crippen molar-refractivity contribution in [3.8, 4) is 11.4 Å².